The van der Waals surface area contributed by atoms with E-state index in [1.165, 1.54) is 30.4 Å². The van der Waals surface area contributed by atoms with E-state index in [0.29, 0.717) is 5.70 Å². The van der Waals surface area contributed by atoms with Gasteiger partial charge in [0.1, 0.15) is 6.10 Å². The topological polar surface area (TPSA) is 32.3 Å². The Labute approximate surface area is 146 Å². The number of rotatable bonds is 9. The van der Waals surface area contributed by atoms with Gasteiger partial charge in [-0.15, -0.1) is 0 Å². The van der Waals surface area contributed by atoms with Crippen molar-refractivity contribution >= 4 is 5.69 Å². The summed E-state index contributed by atoms with van der Waals surface area (Å²) in [5.41, 5.74) is 5.04. The van der Waals surface area contributed by atoms with Gasteiger partial charge < -0.3 is 10.4 Å². The molecule has 0 aliphatic rings. The quantitative estimate of drug-likeness (QED) is 0.585. The second-order valence-electron chi connectivity index (χ2n) is 6.30. The molecule has 0 amide bonds. The van der Waals surface area contributed by atoms with Gasteiger partial charge >= 0.3 is 0 Å². The summed E-state index contributed by atoms with van der Waals surface area (Å²) < 4.78 is 0. The zero-order valence-electron chi connectivity index (χ0n) is 14.9. The maximum absolute atomic E-state index is 10.4. The average Bonchev–Trinajstić information content (AvgIpc) is 2.63. The van der Waals surface area contributed by atoms with Gasteiger partial charge in [-0.25, -0.2) is 0 Å². The van der Waals surface area contributed by atoms with Crippen LogP contribution in [0.2, 0.25) is 0 Å². The Bertz CT molecular complexity index is 628. The summed E-state index contributed by atoms with van der Waals surface area (Å²) in [4.78, 5) is 0. The number of nitrogens with one attached hydrogen (secondary N) is 1. The van der Waals surface area contributed by atoms with Crippen LogP contribution in [0.15, 0.2) is 60.8 Å². The normalized spacial score (nSPS) is 12.0. The molecule has 1 unspecified atom stereocenters. The molecular weight excluding hydrogens is 294 g/mol. The van der Waals surface area contributed by atoms with Crippen LogP contribution in [-0.2, 0) is 12.8 Å². The number of hydrogen-bond donors (Lipinski definition) is 2. The van der Waals surface area contributed by atoms with Crippen LogP contribution in [0.1, 0.15) is 55.9 Å². The Hall–Kier alpha value is -2.06. The van der Waals surface area contributed by atoms with Crippen LogP contribution in [0.5, 0.6) is 0 Å². The van der Waals surface area contributed by atoms with E-state index in [0.717, 1.165) is 24.1 Å². The predicted octanol–water partition coefficient (Wildman–Crippen LogP) is 5.64. The van der Waals surface area contributed by atoms with E-state index < -0.39 is 6.10 Å². The second kappa shape index (κ2) is 9.29. The summed E-state index contributed by atoms with van der Waals surface area (Å²) in [6.45, 7) is 8.34. The van der Waals surface area contributed by atoms with Crippen molar-refractivity contribution in [3.05, 3.63) is 77.5 Å². The smallest absolute Gasteiger partial charge is 0.118 e. The second-order valence-corrected chi connectivity index (χ2v) is 6.30. The average molecular weight is 323 g/mol. The van der Waals surface area contributed by atoms with Gasteiger partial charge in [-0.2, -0.15) is 0 Å². The summed E-state index contributed by atoms with van der Waals surface area (Å²) in [5, 5.41) is 13.7. The number of aliphatic hydroxyl groups is 1. The Morgan fingerprint density at radius 3 is 2.17 bits per heavy atom. The summed E-state index contributed by atoms with van der Waals surface area (Å²) in [5.74, 6) is 0. The van der Waals surface area contributed by atoms with E-state index in [2.05, 4.69) is 62.1 Å². The Morgan fingerprint density at radius 2 is 1.58 bits per heavy atom. The van der Waals surface area contributed by atoms with Crippen molar-refractivity contribution < 1.29 is 5.11 Å². The minimum atomic E-state index is -0.708. The first-order valence-corrected chi connectivity index (χ1v) is 8.95. The first-order valence-electron chi connectivity index (χ1n) is 8.95. The monoisotopic (exact) mass is 323 g/mol. The number of anilines is 1. The van der Waals surface area contributed by atoms with Crippen LogP contribution in [0.4, 0.5) is 5.69 Å². The first-order chi connectivity index (χ1) is 11.6. The van der Waals surface area contributed by atoms with E-state index in [4.69, 9.17) is 0 Å². The van der Waals surface area contributed by atoms with E-state index >= 15 is 0 Å². The number of unbranched alkanes of at least 4 members (excludes halogenated alkanes) is 2. The van der Waals surface area contributed by atoms with Gasteiger partial charge in [0, 0.05) is 11.4 Å². The van der Waals surface area contributed by atoms with Crippen molar-refractivity contribution in [2.75, 3.05) is 5.32 Å². The SMILES string of the molecule is C=C(Nc1ccc(CCCCC)cc1)C(O)c1ccc(CC)cc1. The third kappa shape index (κ3) is 5.24. The molecule has 24 heavy (non-hydrogen) atoms. The maximum Gasteiger partial charge on any atom is 0.118 e. The summed E-state index contributed by atoms with van der Waals surface area (Å²) in [6, 6.07) is 16.4. The summed E-state index contributed by atoms with van der Waals surface area (Å²) in [6.07, 6.45) is 5.18. The zero-order valence-corrected chi connectivity index (χ0v) is 14.9. The van der Waals surface area contributed by atoms with Crippen molar-refractivity contribution in [2.24, 2.45) is 0 Å². The van der Waals surface area contributed by atoms with Crippen molar-refractivity contribution in [1.29, 1.82) is 0 Å². The third-order valence-corrected chi connectivity index (χ3v) is 4.36. The van der Waals surface area contributed by atoms with Crippen LogP contribution in [-0.4, -0.2) is 5.11 Å². The van der Waals surface area contributed by atoms with Gasteiger partial charge in [0.15, 0.2) is 0 Å². The lowest BCUT2D eigenvalue weighted by molar-refractivity contribution is 0.217. The van der Waals surface area contributed by atoms with Gasteiger partial charge in [0.05, 0.1) is 0 Å². The van der Waals surface area contributed by atoms with Gasteiger partial charge in [-0.3, -0.25) is 0 Å². The molecule has 1 atom stereocenters. The van der Waals surface area contributed by atoms with Crippen molar-refractivity contribution in [3.8, 4) is 0 Å². The fourth-order valence-corrected chi connectivity index (χ4v) is 2.72. The molecule has 128 valence electrons. The van der Waals surface area contributed by atoms with Gasteiger partial charge in [0.25, 0.3) is 0 Å². The molecule has 0 saturated carbocycles. The number of aliphatic hydroxyl groups excluding tert-OH is 1. The Kier molecular flexibility index (Phi) is 7.07. The Morgan fingerprint density at radius 1 is 0.958 bits per heavy atom. The predicted molar refractivity (Wildman–Crippen MR) is 103 cm³/mol. The largest absolute Gasteiger partial charge is 0.382 e. The molecule has 0 aliphatic carbocycles. The molecule has 0 bridgehead atoms. The highest BCUT2D eigenvalue weighted by atomic mass is 16.3. The zero-order chi connectivity index (χ0) is 17.4. The Balaban J connectivity index is 1.92. The molecule has 2 N–H and O–H groups in total. The van der Waals surface area contributed by atoms with Crippen LogP contribution in [0.25, 0.3) is 0 Å². The summed E-state index contributed by atoms with van der Waals surface area (Å²) in [7, 11) is 0. The molecular formula is C22H29NO. The lowest BCUT2D eigenvalue weighted by Crippen LogP contribution is -2.09. The fourth-order valence-electron chi connectivity index (χ4n) is 2.72. The highest BCUT2D eigenvalue weighted by Gasteiger charge is 2.11. The lowest BCUT2D eigenvalue weighted by atomic mass is 10.0. The molecule has 0 spiro atoms. The van der Waals surface area contributed by atoms with Crippen LogP contribution < -0.4 is 5.32 Å². The van der Waals surface area contributed by atoms with Gasteiger partial charge in [0.2, 0.25) is 0 Å². The molecule has 2 nitrogen and oxygen atoms in total. The molecule has 2 aromatic rings. The minimum Gasteiger partial charge on any atom is -0.382 e. The number of hydrogen-bond acceptors (Lipinski definition) is 2. The van der Waals surface area contributed by atoms with Crippen LogP contribution in [0, 0.1) is 0 Å². The molecule has 2 rings (SSSR count). The highest BCUT2D eigenvalue weighted by Crippen LogP contribution is 2.23. The number of aryl methyl sites for hydroxylation is 2. The van der Waals surface area contributed by atoms with E-state index in [1.807, 2.05) is 12.1 Å². The van der Waals surface area contributed by atoms with Gasteiger partial charge in [-0.1, -0.05) is 69.7 Å². The fraction of sp³-hybridized carbons (Fsp3) is 0.364. The standard InChI is InChI=1S/C22H29NO/c1-4-6-7-8-19-11-15-21(16-12-19)23-17(3)22(24)20-13-9-18(5-2)10-14-20/h9-16,22-24H,3-8H2,1-2H3. The first kappa shape index (κ1) is 18.3. The minimum absolute atomic E-state index is 0.595. The molecule has 2 aromatic carbocycles. The van der Waals surface area contributed by atoms with Crippen molar-refractivity contribution in [2.45, 2.75) is 52.1 Å². The van der Waals surface area contributed by atoms with E-state index in [9.17, 15) is 5.11 Å². The van der Waals surface area contributed by atoms with Crippen molar-refractivity contribution in [1.82, 2.24) is 0 Å². The number of benzene rings is 2. The van der Waals surface area contributed by atoms with E-state index in [-0.39, 0.29) is 0 Å². The van der Waals surface area contributed by atoms with Crippen molar-refractivity contribution in [3.63, 3.8) is 0 Å². The van der Waals surface area contributed by atoms with Crippen LogP contribution in [0.3, 0.4) is 0 Å². The molecule has 0 aliphatic heterocycles. The maximum atomic E-state index is 10.4. The third-order valence-electron chi connectivity index (χ3n) is 4.36. The molecule has 0 heterocycles. The molecule has 0 aromatic heterocycles. The highest BCUT2D eigenvalue weighted by molar-refractivity contribution is 5.50. The van der Waals surface area contributed by atoms with Crippen LogP contribution >= 0.6 is 0 Å². The van der Waals surface area contributed by atoms with Gasteiger partial charge in [-0.05, 0) is 48.1 Å². The molecule has 2 heteroatoms. The lowest BCUT2D eigenvalue weighted by Gasteiger charge is -2.17. The molecule has 0 saturated heterocycles. The molecule has 0 radical (unpaired) electrons. The molecule has 0 fully saturated rings. The van der Waals surface area contributed by atoms with E-state index in [1.54, 1.807) is 0 Å². The summed E-state index contributed by atoms with van der Waals surface area (Å²) >= 11 is 0.